The predicted octanol–water partition coefficient (Wildman–Crippen LogP) is 2.72. The van der Waals surface area contributed by atoms with Crippen LogP contribution in [0.5, 0.6) is 0 Å². The summed E-state index contributed by atoms with van der Waals surface area (Å²) in [4.78, 5) is 17.3. The Labute approximate surface area is 169 Å². The van der Waals surface area contributed by atoms with Crippen molar-refractivity contribution in [1.29, 1.82) is 0 Å². The molecule has 0 bridgehead atoms. The van der Waals surface area contributed by atoms with Crippen LogP contribution in [0.1, 0.15) is 44.1 Å². The zero-order valence-electron chi connectivity index (χ0n) is 16.9. The summed E-state index contributed by atoms with van der Waals surface area (Å²) in [6.45, 7) is 4.70. The number of benzene rings is 1. The molecule has 3 rings (SSSR count). The van der Waals surface area contributed by atoms with Gasteiger partial charge in [-0.1, -0.05) is 37.5 Å². The lowest BCUT2D eigenvalue weighted by atomic mass is 9.89. The number of anilines is 1. The van der Waals surface area contributed by atoms with Crippen LogP contribution in [0.4, 0.5) is 5.69 Å². The fourth-order valence-electron chi connectivity index (χ4n) is 4.39. The number of carbonyl (C=O) groups is 1. The van der Waals surface area contributed by atoms with Crippen molar-refractivity contribution in [3.8, 4) is 0 Å². The van der Waals surface area contributed by atoms with Gasteiger partial charge in [-0.3, -0.25) is 9.52 Å². The third-order valence-electron chi connectivity index (χ3n) is 5.84. The van der Waals surface area contributed by atoms with Gasteiger partial charge in [-0.15, -0.1) is 0 Å². The first kappa shape index (κ1) is 21.1. The van der Waals surface area contributed by atoms with E-state index < -0.39 is 10.0 Å². The molecule has 1 aliphatic carbocycles. The fraction of sp³-hybridized carbons (Fsp3) is 0.667. The number of hydrogen-bond donors (Lipinski definition) is 1. The molecule has 0 radical (unpaired) electrons. The molecule has 1 aromatic carbocycles. The molecule has 0 spiro atoms. The van der Waals surface area contributed by atoms with E-state index in [1.54, 1.807) is 12.1 Å². The van der Waals surface area contributed by atoms with Gasteiger partial charge in [0.05, 0.1) is 18.4 Å². The summed E-state index contributed by atoms with van der Waals surface area (Å²) in [5.74, 6) is 0.896. The Kier molecular flexibility index (Phi) is 7.35. The summed E-state index contributed by atoms with van der Waals surface area (Å²) < 4.78 is 25.7. The maximum absolute atomic E-state index is 12.9. The molecule has 1 amide bonds. The van der Waals surface area contributed by atoms with Crippen LogP contribution in [-0.2, 0) is 21.2 Å². The van der Waals surface area contributed by atoms with E-state index in [0.717, 1.165) is 50.3 Å². The second kappa shape index (κ2) is 9.74. The lowest BCUT2D eigenvalue weighted by Gasteiger charge is -2.28. The van der Waals surface area contributed by atoms with Crippen molar-refractivity contribution in [3.63, 3.8) is 0 Å². The standard InChI is InChI=1S/C21H33N3O3S/c1-28(26,27)22-20-11-6-5-10-19(20)16-21(25)24-13-7-12-23(14-15-24)17-18-8-3-2-4-9-18/h5-6,10-11,18,22H,2-4,7-9,12-17H2,1H3. The summed E-state index contributed by atoms with van der Waals surface area (Å²) in [7, 11) is -3.37. The lowest BCUT2D eigenvalue weighted by Crippen LogP contribution is -2.37. The van der Waals surface area contributed by atoms with Gasteiger partial charge < -0.3 is 9.80 Å². The third kappa shape index (κ3) is 6.48. The molecule has 1 aromatic rings. The van der Waals surface area contributed by atoms with Crippen molar-refractivity contribution in [2.45, 2.75) is 44.9 Å². The third-order valence-corrected chi connectivity index (χ3v) is 6.43. The quantitative estimate of drug-likeness (QED) is 0.787. The summed E-state index contributed by atoms with van der Waals surface area (Å²) >= 11 is 0. The van der Waals surface area contributed by atoms with E-state index in [9.17, 15) is 13.2 Å². The van der Waals surface area contributed by atoms with Crippen LogP contribution in [0, 0.1) is 5.92 Å². The van der Waals surface area contributed by atoms with Crippen LogP contribution >= 0.6 is 0 Å². The van der Waals surface area contributed by atoms with Crippen molar-refractivity contribution >= 4 is 21.6 Å². The van der Waals surface area contributed by atoms with Crippen molar-refractivity contribution in [2.75, 3.05) is 43.7 Å². The topological polar surface area (TPSA) is 69.7 Å². The highest BCUT2D eigenvalue weighted by Crippen LogP contribution is 2.25. The van der Waals surface area contributed by atoms with E-state index in [-0.39, 0.29) is 12.3 Å². The van der Waals surface area contributed by atoms with E-state index >= 15 is 0 Å². The van der Waals surface area contributed by atoms with E-state index in [4.69, 9.17) is 0 Å². The zero-order valence-corrected chi connectivity index (χ0v) is 17.7. The minimum absolute atomic E-state index is 0.0715. The monoisotopic (exact) mass is 407 g/mol. The Balaban J connectivity index is 1.55. The van der Waals surface area contributed by atoms with Crippen molar-refractivity contribution in [2.24, 2.45) is 5.92 Å². The van der Waals surface area contributed by atoms with Crippen LogP contribution in [0.3, 0.4) is 0 Å². The first-order valence-electron chi connectivity index (χ1n) is 10.5. The maximum Gasteiger partial charge on any atom is 0.229 e. The van der Waals surface area contributed by atoms with Gasteiger partial charge in [-0.2, -0.15) is 0 Å². The Morgan fingerprint density at radius 2 is 1.79 bits per heavy atom. The summed E-state index contributed by atoms with van der Waals surface area (Å²) in [6, 6.07) is 7.14. The van der Waals surface area contributed by atoms with E-state index in [0.29, 0.717) is 5.69 Å². The first-order valence-corrected chi connectivity index (χ1v) is 12.4. The van der Waals surface area contributed by atoms with E-state index in [1.807, 2.05) is 17.0 Å². The number of nitrogens with one attached hydrogen (secondary N) is 1. The molecule has 28 heavy (non-hydrogen) atoms. The number of hydrogen-bond acceptors (Lipinski definition) is 4. The summed E-state index contributed by atoms with van der Waals surface area (Å²) in [6.07, 6.45) is 9.17. The smallest absolute Gasteiger partial charge is 0.229 e. The molecule has 1 saturated heterocycles. The van der Waals surface area contributed by atoms with Gasteiger partial charge in [-0.25, -0.2) is 8.42 Å². The molecule has 0 atom stereocenters. The van der Waals surface area contributed by atoms with Crippen molar-refractivity contribution in [3.05, 3.63) is 29.8 Å². The minimum Gasteiger partial charge on any atom is -0.341 e. The van der Waals surface area contributed by atoms with Gasteiger partial charge in [0.1, 0.15) is 0 Å². The summed E-state index contributed by atoms with van der Waals surface area (Å²) in [5, 5.41) is 0. The van der Waals surface area contributed by atoms with Gasteiger partial charge >= 0.3 is 0 Å². The highest BCUT2D eigenvalue weighted by atomic mass is 32.2. The second-order valence-electron chi connectivity index (χ2n) is 8.25. The van der Waals surface area contributed by atoms with Crippen LogP contribution in [0.25, 0.3) is 0 Å². The normalized spacial score (nSPS) is 20.0. The molecular weight excluding hydrogens is 374 g/mol. The molecule has 1 aliphatic heterocycles. The highest BCUT2D eigenvalue weighted by Gasteiger charge is 2.23. The van der Waals surface area contributed by atoms with Gasteiger partial charge in [0.25, 0.3) is 0 Å². The first-order chi connectivity index (χ1) is 13.4. The van der Waals surface area contributed by atoms with Crippen LogP contribution in [0.2, 0.25) is 0 Å². The molecule has 1 heterocycles. The molecule has 156 valence electrons. The Hall–Kier alpha value is -1.60. The Bertz CT molecular complexity index is 760. The average molecular weight is 408 g/mol. The lowest BCUT2D eigenvalue weighted by molar-refractivity contribution is -0.130. The largest absolute Gasteiger partial charge is 0.341 e. The Morgan fingerprint density at radius 3 is 2.54 bits per heavy atom. The molecule has 6 nitrogen and oxygen atoms in total. The Morgan fingerprint density at radius 1 is 1.04 bits per heavy atom. The number of nitrogens with zero attached hydrogens (tertiary/aromatic N) is 2. The number of rotatable bonds is 6. The van der Waals surface area contributed by atoms with E-state index in [1.165, 1.54) is 38.6 Å². The number of para-hydroxylation sites is 1. The van der Waals surface area contributed by atoms with Crippen molar-refractivity contribution in [1.82, 2.24) is 9.80 Å². The number of sulfonamides is 1. The molecule has 1 N–H and O–H groups in total. The molecule has 0 unspecified atom stereocenters. The van der Waals surface area contributed by atoms with Crippen molar-refractivity contribution < 1.29 is 13.2 Å². The SMILES string of the molecule is CS(=O)(=O)Nc1ccccc1CC(=O)N1CCCN(CC2CCCCC2)CC1. The number of amides is 1. The summed E-state index contributed by atoms with van der Waals surface area (Å²) in [5.41, 5.74) is 1.22. The van der Waals surface area contributed by atoms with Gasteiger partial charge in [0.15, 0.2) is 0 Å². The minimum atomic E-state index is -3.37. The van der Waals surface area contributed by atoms with Gasteiger partial charge in [0.2, 0.25) is 15.9 Å². The predicted molar refractivity (Wildman–Crippen MR) is 113 cm³/mol. The molecule has 2 aliphatic rings. The van der Waals surface area contributed by atoms with Crippen LogP contribution in [0.15, 0.2) is 24.3 Å². The number of carbonyl (C=O) groups excluding carboxylic acids is 1. The zero-order chi connectivity index (χ0) is 20.0. The van der Waals surface area contributed by atoms with Crippen LogP contribution in [-0.4, -0.2) is 63.1 Å². The maximum atomic E-state index is 12.9. The molecule has 2 fully saturated rings. The van der Waals surface area contributed by atoms with E-state index in [2.05, 4.69) is 9.62 Å². The fourth-order valence-corrected chi connectivity index (χ4v) is 4.98. The molecular formula is C21H33N3O3S. The molecule has 1 saturated carbocycles. The van der Waals surface area contributed by atoms with Gasteiger partial charge in [-0.05, 0) is 43.4 Å². The van der Waals surface area contributed by atoms with Gasteiger partial charge in [0, 0.05) is 26.2 Å². The second-order valence-corrected chi connectivity index (χ2v) is 10.00. The molecule has 7 heteroatoms. The van der Waals surface area contributed by atoms with Crippen LogP contribution < -0.4 is 4.72 Å². The highest BCUT2D eigenvalue weighted by molar-refractivity contribution is 7.92. The molecule has 0 aromatic heterocycles. The average Bonchev–Trinajstić information content (AvgIpc) is 2.89.